The summed E-state index contributed by atoms with van der Waals surface area (Å²) in [6.07, 6.45) is 0. The van der Waals surface area contributed by atoms with Crippen LogP contribution in [0.2, 0.25) is 5.02 Å². The Morgan fingerprint density at radius 2 is 2.26 bits per heavy atom. The molecule has 8 heteroatoms. The van der Waals surface area contributed by atoms with Crippen LogP contribution in [0.15, 0.2) is 23.3 Å². The van der Waals surface area contributed by atoms with Crippen LogP contribution in [0.3, 0.4) is 0 Å². The largest absolute Gasteiger partial charge is 0.461 e. The van der Waals surface area contributed by atoms with Gasteiger partial charge in [-0.05, 0) is 26.0 Å². The standard InChI is InChI=1S/C11H12ClN3O4/c1-3-19-11(16)7(2)13-14-9-6-8(12)4-5-10(9)15(17)18/h4-6,14H,3H2,1-2H3/b13-7+. The normalized spacial score (nSPS) is 11.0. The number of nitrogens with one attached hydrogen (secondary N) is 1. The number of halogens is 1. The molecule has 1 aromatic carbocycles. The molecule has 0 saturated heterocycles. The molecule has 0 radical (unpaired) electrons. The summed E-state index contributed by atoms with van der Waals surface area (Å²) in [5.41, 5.74) is 2.40. The quantitative estimate of drug-likeness (QED) is 0.388. The smallest absolute Gasteiger partial charge is 0.354 e. The molecule has 0 spiro atoms. The van der Waals surface area contributed by atoms with Crippen molar-refractivity contribution in [3.63, 3.8) is 0 Å². The number of hydrazone groups is 1. The number of benzene rings is 1. The zero-order valence-electron chi connectivity index (χ0n) is 10.3. The molecule has 1 rings (SSSR count). The van der Waals surface area contributed by atoms with Gasteiger partial charge in [0.05, 0.1) is 11.5 Å². The first-order valence-corrected chi connectivity index (χ1v) is 5.74. The maximum absolute atomic E-state index is 11.3. The molecule has 0 heterocycles. The molecule has 0 bridgehead atoms. The lowest BCUT2D eigenvalue weighted by Gasteiger charge is -2.04. The van der Waals surface area contributed by atoms with Crippen molar-refractivity contribution in [2.24, 2.45) is 5.10 Å². The van der Waals surface area contributed by atoms with Crippen molar-refractivity contribution in [2.75, 3.05) is 12.0 Å². The van der Waals surface area contributed by atoms with Crippen molar-refractivity contribution in [1.29, 1.82) is 0 Å². The molecule has 0 unspecified atom stereocenters. The highest BCUT2D eigenvalue weighted by Gasteiger charge is 2.14. The fraction of sp³-hybridized carbons (Fsp3) is 0.273. The molecule has 0 saturated carbocycles. The van der Waals surface area contributed by atoms with Crippen LogP contribution in [0.25, 0.3) is 0 Å². The second-order valence-corrected chi connectivity index (χ2v) is 3.88. The van der Waals surface area contributed by atoms with Crippen LogP contribution >= 0.6 is 11.6 Å². The van der Waals surface area contributed by atoms with Gasteiger partial charge in [0.2, 0.25) is 0 Å². The Bertz CT molecular complexity index is 531. The van der Waals surface area contributed by atoms with Gasteiger partial charge >= 0.3 is 5.97 Å². The third-order valence-corrected chi connectivity index (χ3v) is 2.31. The van der Waals surface area contributed by atoms with Gasteiger partial charge in [0.15, 0.2) is 0 Å². The number of hydrogen-bond acceptors (Lipinski definition) is 6. The third-order valence-electron chi connectivity index (χ3n) is 2.07. The van der Waals surface area contributed by atoms with Gasteiger partial charge in [0, 0.05) is 11.1 Å². The van der Waals surface area contributed by atoms with Crippen LogP contribution < -0.4 is 5.43 Å². The Balaban J connectivity index is 2.93. The van der Waals surface area contributed by atoms with E-state index in [-0.39, 0.29) is 23.7 Å². The predicted molar refractivity (Wildman–Crippen MR) is 71.5 cm³/mol. The number of esters is 1. The Kier molecular flexibility index (Phi) is 5.25. The Morgan fingerprint density at radius 3 is 2.84 bits per heavy atom. The van der Waals surface area contributed by atoms with Gasteiger partial charge in [0.25, 0.3) is 5.69 Å². The highest BCUT2D eigenvalue weighted by atomic mass is 35.5. The van der Waals surface area contributed by atoms with Crippen molar-refractivity contribution >= 4 is 34.7 Å². The molecule has 0 aliphatic carbocycles. The Morgan fingerprint density at radius 1 is 1.58 bits per heavy atom. The van der Waals surface area contributed by atoms with Crippen LogP contribution in [0.5, 0.6) is 0 Å². The maximum Gasteiger partial charge on any atom is 0.354 e. The summed E-state index contributed by atoms with van der Waals surface area (Å²) < 4.78 is 4.72. The summed E-state index contributed by atoms with van der Waals surface area (Å²) in [5, 5.41) is 14.8. The minimum atomic E-state index is -0.598. The van der Waals surface area contributed by atoms with Crippen LogP contribution in [0.4, 0.5) is 11.4 Å². The molecule has 0 aromatic heterocycles. The lowest BCUT2D eigenvalue weighted by atomic mass is 10.3. The number of nitro benzene ring substituents is 1. The van der Waals surface area contributed by atoms with Gasteiger partial charge in [-0.1, -0.05) is 11.6 Å². The number of hydrogen-bond donors (Lipinski definition) is 1. The third kappa shape index (κ3) is 4.22. The summed E-state index contributed by atoms with van der Waals surface area (Å²) in [5.74, 6) is -0.598. The zero-order valence-corrected chi connectivity index (χ0v) is 11.1. The van der Waals surface area contributed by atoms with E-state index in [0.717, 1.165) is 0 Å². The van der Waals surface area contributed by atoms with Crippen molar-refractivity contribution in [3.05, 3.63) is 33.3 Å². The minimum Gasteiger partial charge on any atom is -0.461 e. The Hall–Kier alpha value is -2.15. The molecule has 0 amide bonds. The molecule has 0 aliphatic heterocycles. The zero-order chi connectivity index (χ0) is 14.4. The van der Waals surface area contributed by atoms with E-state index in [1.165, 1.54) is 25.1 Å². The number of rotatable bonds is 5. The lowest BCUT2D eigenvalue weighted by Crippen LogP contribution is -2.15. The van der Waals surface area contributed by atoms with Gasteiger partial charge < -0.3 is 4.74 Å². The molecule has 7 nitrogen and oxygen atoms in total. The van der Waals surface area contributed by atoms with E-state index in [1.54, 1.807) is 6.92 Å². The van der Waals surface area contributed by atoms with Gasteiger partial charge in [-0.2, -0.15) is 5.10 Å². The number of ether oxygens (including phenoxy) is 1. The SMILES string of the molecule is CCOC(=O)/C(C)=N/Nc1cc(Cl)ccc1[N+](=O)[O-]. The first kappa shape index (κ1) is 14.9. The van der Waals surface area contributed by atoms with Crippen LogP contribution in [0.1, 0.15) is 13.8 Å². The topological polar surface area (TPSA) is 93.8 Å². The van der Waals surface area contributed by atoms with Gasteiger partial charge in [-0.15, -0.1) is 0 Å². The van der Waals surface area contributed by atoms with Crippen LogP contribution in [-0.2, 0) is 9.53 Å². The van der Waals surface area contributed by atoms with Crippen molar-refractivity contribution in [3.8, 4) is 0 Å². The van der Waals surface area contributed by atoms with Crippen LogP contribution in [0, 0.1) is 10.1 Å². The summed E-state index contributed by atoms with van der Waals surface area (Å²) in [6, 6.07) is 3.99. The molecule has 102 valence electrons. The van der Waals surface area contributed by atoms with E-state index in [1.807, 2.05) is 0 Å². The van der Waals surface area contributed by atoms with E-state index in [0.29, 0.717) is 5.02 Å². The van der Waals surface area contributed by atoms with Crippen molar-refractivity contribution in [1.82, 2.24) is 0 Å². The van der Waals surface area contributed by atoms with E-state index in [9.17, 15) is 14.9 Å². The predicted octanol–water partition coefficient (Wildman–Crippen LogP) is 2.60. The Labute approximate surface area is 114 Å². The minimum absolute atomic E-state index is 0.0520. The average molecular weight is 286 g/mol. The highest BCUT2D eigenvalue weighted by molar-refractivity contribution is 6.35. The lowest BCUT2D eigenvalue weighted by molar-refractivity contribution is -0.384. The van der Waals surface area contributed by atoms with Gasteiger partial charge in [-0.25, -0.2) is 4.79 Å². The fourth-order valence-electron chi connectivity index (χ4n) is 1.18. The first-order valence-electron chi connectivity index (χ1n) is 5.37. The molecule has 1 N–H and O–H groups in total. The number of carbonyl (C=O) groups is 1. The molecule has 0 atom stereocenters. The molecule has 0 aliphatic rings. The maximum atomic E-state index is 11.3. The first-order chi connectivity index (χ1) is 8.95. The number of nitro groups is 1. The van der Waals surface area contributed by atoms with E-state index >= 15 is 0 Å². The van der Waals surface area contributed by atoms with Gasteiger partial charge in [-0.3, -0.25) is 15.5 Å². The summed E-state index contributed by atoms with van der Waals surface area (Å²) in [6.45, 7) is 3.32. The van der Waals surface area contributed by atoms with Gasteiger partial charge in [0.1, 0.15) is 11.4 Å². The molecule has 1 aromatic rings. The second-order valence-electron chi connectivity index (χ2n) is 3.45. The number of nitrogens with zero attached hydrogens (tertiary/aromatic N) is 2. The number of anilines is 1. The summed E-state index contributed by atoms with van der Waals surface area (Å²) in [4.78, 5) is 21.5. The highest BCUT2D eigenvalue weighted by Crippen LogP contribution is 2.27. The molecular weight excluding hydrogens is 274 g/mol. The summed E-state index contributed by atoms with van der Waals surface area (Å²) in [7, 11) is 0. The monoisotopic (exact) mass is 285 g/mol. The van der Waals surface area contributed by atoms with Crippen molar-refractivity contribution in [2.45, 2.75) is 13.8 Å². The molecule has 19 heavy (non-hydrogen) atoms. The fourth-order valence-corrected chi connectivity index (χ4v) is 1.35. The van der Waals surface area contributed by atoms with E-state index in [2.05, 4.69) is 10.5 Å². The molecule has 0 fully saturated rings. The summed E-state index contributed by atoms with van der Waals surface area (Å²) >= 11 is 5.75. The molecular formula is C11H12ClN3O4. The van der Waals surface area contributed by atoms with Crippen LogP contribution in [-0.4, -0.2) is 23.2 Å². The van der Waals surface area contributed by atoms with Crippen molar-refractivity contribution < 1.29 is 14.5 Å². The number of carbonyl (C=O) groups excluding carboxylic acids is 1. The van der Waals surface area contributed by atoms with E-state index < -0.39 is 10.9 Å². The van der Waals surface area contributed by atoms with E-state index in [4.69, 9.17) is 16.3 Å². The second kappa shape index (κ2) is 6.69. The average Bonchev–Trinajstić information content (AvgIpc) is 2.35.